The molecule has 1 aromatic heterocycles. The minimum atomic E-state index is 0.145. The summed E-state index contributed by atoms with van der Waals surface area (Å²) in [6.07, 6.45) is 10.5. The van der Waals surface area contributed by atoms with Crippen LogP contribution in [0.3, 0.4) is 0 Å². The summed E-state index contributed by atoms with van der Waals surface area (Å²) < 4.78 is 5.45. The van der Waals surface area contributed by atoms with Gasteiger partial charge in [0.05, 0.1) is 7.11 Å². The molecular formula is C27H37N3O2. The number of rotatable bonds is 9. The molecule has 2 heterocycles. The van der Waals surface area contributed by atoms with Crippen molar-refractivity contribution >= 4 is 5.91 Å². The van der Waals surface area contributed by atoms with Crippen LogP contribution in [-0.2, 0) is 17.8 Å². The maximum absolute atomic E-state index is 12.5. The minimum absolute atomic E-state index is 0.145. The Morgan fingerprint density at radius 3 is 2.56 bits per heavy atom. The maximum atomic E-state index is 12.5. The van der Waals surface area contributed by atoms with E-state index in [-0.39, 0.29) is 5.91 Å². The monoisotopic (exact) mass is 435 g/mol. The zero-order valence-electron chi connectivity index (χ0n) is 19.9. The molecule has 1 fully saturated rings. The SMILES string of the molecule is COc1cccc(CC(C2CCN(C(=O)/C=C/C(C)C)CC2)N(C)Cc2ccncc2)c1. The van der Waals surface area contributed by atoms with Crippen molar-refractivity contribution in [3.63, 3.8) is 0 Å². The molecule has 1 saturated heterocycles. The van der Waals surface area contributed by atoms with E-state index in [4.69, 9.17) is 4.74 Å². The first-order chi connectivity index (χ1) is 15.5. The molecule has 1 aromatic carbocycles. The van der Waals surface area contributed by atoms with Crippen molar-refractivity contribution in [2.24, 2.45) is 11.8 Å². The topological polar surface area (TPSA) is 45.7 Å². The number of carbonyl (C=O) groups excluding carboxylic acids is 1. The number of nitrogens with zero attached hydrogens (tertiary/aromatic N) is 3. The molecule has 0 bridgehead atoms. The molecule has 172 valence electrons. The van der Waals surface area contributed by atoms with Gasteiger partial charge in [-0.2, -0.15) is 0 Å². The van der Waals surface area contributed by atoms with E-state index in [9.17, 15) is 4.79 Å². The number of allylic oxidation sites excluding steroid dienone is 1. The van der Waals surface area contributed by atoms with Gasteiger partial charge >= 0.3 is 0 Å². The summed E-state index contributed by atoms with van der Waals surface area (Å²) >= 11 is 0. The number of ether oxygens (including phenoxy) is 1. The van der Waals surface area contributed by atoms with E-state index in [0.29, 0.717) is 17.9 Å². The van der Waals surface area contributed by atoms with Gasteiger partial charge in [0.2, 0.25) is 5.91 Å². The lowest BCUT2D eigenvalue weighted by atomic mass is 9.84. The standard InChI is InChI=1S/C27H37N3O2/c1-21(2)8-9-27(31)30-16-12-24(13-17-30)26(19-23-6-5-7-25(18-23)32-4)29(3)20-22-10-14-28-15-11-22/h5-11,14-15,18,21,24,26H,12-13,16-17,19-20H2,1-4H3/b9-8+. The van der Waals surface area contributed by atoms with Crippen LogP contribution < -0.4 is 4.74 Å². The number of amides is 1. The molecule has 1 aliphatic rings. The summed E-state index contributed by atoms with van der Waals surface area (Å²) in [5, 5.41) is 0. The van der Waals surface area contributed by atoms with Crippen LogP contribution in [0.5, 0.6) is 5.75 Å². The molecule has 1 unspecified atom stereocenters. The Balaban J connectivity index is 1.71. The second-order valence-corrected chi connectivity index (χ2v) is 9.16. The second kappa shape index (κ2) is 11.8. The van der Waals surface area contributed by atoms with Crippen molar-refractivity contribution in [3.05, 3.63) is 72.1 Å². The van der Waals surface area contributed by atoms with Crippen LogP contribution in [-0.4, -0.2) is 54.0 Å². The predicted octanol–water partition coefficient (Wildman–Crippen LogP) is 4.58. The number of pyridine rings is 1. The number of hydrogen-bond acceptors (Lipinski definition) is 4. The van der Waals surface area contributed by atoms with Crippen LogP contribution in [0.25, 0.3) is 0 Å². The first kappa shape index (κ1) is 24.0. The van der Waals surface area contributed by atoms with Crippen LogP contribution in [0.4, 0.5) is 0 Å². The van der Waals surface area contributed by atoms with Crippen LogP contribution >= 0.6 is 0 Å². The zero-order valence-corrected chi connectivity index (χ0v) is 19.9. The molecule has 32 heavy (non-hydrogen) atoms. The number of likely N-dealkylation sites (tertiary alicyclic amines) is 1. The third kappa shape index (κ3) is 6.92. The average Bonchev–Trinajstić information content (AvgIpc) is 2.82. The van der Waals surface area contributed by atoms with Crippen LogP contribution in [0.15, 0.2) is 60.9 Å². The van der Waals surface area contributed by atoms with Crippen molar-refractivity contribution < 1.29 is 9.53 Å². The average molecular weight is 436 g/mol. The number of hydrogen-bond donors (Lipinski definition) is 0. The smallest absolute Gasteiger partial charge is 0.246 e. The van der Waals surface area contributed by atoms with Crippen molar-refractivity contribution in [3.8, 4) is 5.75 Å². The molecule has 2 aromatic rings. The Kier molecular flexibility index (Phi) is 8.86. The van der Waals surface area contributed by atoms with Gasteiger partial charge in [0.1, 0.15) is 5.75 Å². The summed E-state index contributed by atoms with van der Waals surface area (Å²) in [5.74, 6) is 1.97. The van der Waals surface area contributed by atoms with Gasteiger partial charge in [-0.05, 0) is 79.6 Å². The third-order valence-corrected chi connectivity index (χ3v) is 6.35. The lowest BCUT2D eigenvalue weighted by molar-refractivity contribution is -0.127. The zero-order chi connectivity index (χ0) is 22.9. The quantitative estimate of drug-likeness (QED) is 0.541. The summed E-state index contributed by atoms with van der Waals surface area (Å²) in [4.78, 5) is 21.1. The fourth-order valence-corrected chi connectivity index (χ4v) is 4.50. The molecule has 0 spiro atoms. The number of likely N-dealkylation sites (N-methyl/N-ethyl adjacent to an activating group) is 1. The van der Waals surface area contributed by atoms with Crippen molar-refractivity contribution in [2.75, 3.05) is 27.2 Å². The van der Waals surface area contributed by atoms with Crippen molar-refractivity contribution in [1.82, 2.24) is 14.8 Å². The molecule has 0 aliphatic carbocycles. The molecule has 3 rings (SSSR count). The summed E-state index contributed by atoms with van der Waals surface area (Å²) in [6.45, 7) is 6.72. The number of piperidine rings is 1. The minimum Gasteiger partial charge on any atom is -0.497 e. The highest BCUT2D eigenvalue weighted by Gasteiger charge is 2.30. The van der Waals surface area contributed by atoms with Crippen LogP contribution in [0.2, 0.25) is 0 Å². The second-order valence-electron chi connectivity index (χ2n) is 9.16. The van der Waals surface area contributed by atoms with E-state index in [1.165, 1.54) is 11.1 Å². The summed E-state index contributed by atoms with van der Waals surface area (Å²) in [7, 11) is 3.93. The van der Waals surface area contributed by atoms with Crippen LogP contribution in [0.1, 0.15) is 37.8 Å². The van der Waals surface area contributed by atoms with Gasteiger partial charge in [-0.25, -0.2) is 0 Å². The number of methoxy groups -OCH3 is 1. The molecular weight excluding hydrogens is 398 g/mol. The fraction of sp³-hybridized carbons (Fsp3) is 0.481. The van der Waals surface area contributed by atoms with E-state index >= 15 is 0 Å². The maximum Gasteiger partial charge on any atom is 0.246 e. The van der Waals surface area contributed by atoms with E-state index in [2.05, 4.69) is 61.1 Å². The first-order valence-electron chi connectivity index (χ1n) is 11.7. The molecule has 0 N–H and O–H groups in total. The third-order valence-electron chi connectivity index (χ3n) is 6.35. The largest absolute Gasteiger partial charge is 0.497 e. The lowest BCUT2D eigenvalue weighted by Crippen LogP contribution is -2.46. The van der Waals surface area contributed by atoms with Gasteiger partial charge in [-0.1, -0.05) is 32.1 Å². The highest BCUT2D eigenvalue weighted by atomic mass is 16.5. The molecule has 1 amide bonds. The molecule has 5 nitrogen and oxygen atoms in total. The highest BCUT2D eigenvalue weighted by Crippen LogP contribution is 2.28. The Labute approximate surface area is 193 Å². The normalized spacial score (nSPS) is 16.1. The Morgan fingerprint density at radius 2 is 1.91 bits per heavy atom. The van der Waals surface area contributed by atoms with E-state index in [0.717, 1.165) is 44.6 Å². The number of carbonyl (C=O) groups is 1. The number of aromatic nitrogens is 1. The summed E-state index contributed by atoms with van der Waals surface area (Å²) in [6, 6.07) is 12.9. The first-order valence-corrected chi connectivity index (χ1v) is 11.7. The van der Waals surface area contributed by atoms with Gasteiger partial charge in [0, 0.05) is 38.1 Å². The highest BCUT2D eigenvalue weighted by molar-refractivity contribution is 5.87. The van der Waals surface area contributed by atoms with Crippen molar-refractivity contribution in [2.45, 2.75) is 45.7 Å². The lowest BCUT2D eigenvalue weighted by Gasteiger charge is -2.40. The van der Waals surface area contributed by atoms with Gasteiger partial charge < -0.3 is 9.64 Å². The molecule has 1 aliphatic heterocycles. The fourth-order valence-electron chi connectivity index (χ4n) is 4.50. The van der Waals surface area contributed by atoms with Gasteiger partial charge in [0.25, 0.3) is 0 Å². The predicted molar refractivity (Wildman–Crippen MR) is 129 cm³/mol. The van der Waals surface area contributed by atoms with Gasteiger partial charge in [-0.15, -0.1) is 0 Å². The van der Waals surface area contributed by atoms with E-state index in [1.54, 1.807) is 13.2 Å². The van der Waals surface area contributed by atoms with E-state index < -0.39 is 0 Å². The number of benzene rings is 1. The Hall–Kier alpha value is -2.66. The summed E-state index contributed by atoms with van der Waals surface area (Å²) in [5.41, 5.74) is 2.55. The van der Waals surface area contributed by atoms with E-state index in [1.807, 2.05) is 29.4 Å². The molecule has 5 heteroatoms. The molecule has 0 radical (unpaired) electrons. The molecule has 1 atom stereocenters. The Morgan fingerprint density at radius 1 is 1.19 bits per heavy atom. The van der Waals surface area contributed by atoms with Crippen LogP contribution in [0, 0.1) is 11.8 Å². The van der Waals surface area contributed by atoms with Gasteiger partial charge in [-0.3, -0.25) is 14.7 Å². The van der Waals surface area contributed by atoms with Gasteiger partial charge in [0.15, 0.2) is 0 Å². The Bertz CT molecular complexity index is 873. The van der Waals surface area contributed by atoms with Crippen molar-refractivity contribution in [1.29, 1.82) is 0 Å². The molecule has 0 saturated carbocycles.